The molecule has 0 spiro atoms. The highest BCUT2D eigenvalue weighted by atomic mass is 32.2. The Labute approximate surface area is 201 Å². The molecule has 0 heterocycles. The molecule has 3 rings (SSSR count). The number of hydrogen-bond donors (Lipinski definition) is 1. The van der Waals surface area contributed by atoms with E-state index in [1.165, 1.54) is 24.4 Å². The number of nitrogens with one attached hydrogen (secondary N) is 1. The summed E-state index contributed by atoms with van der Waals surface area (Å²) in [6, 6.07) is 16.4. The maximum Gasteiger partial charge on any atom is 0.416 e. The standard InChI is InChI=1S/C24H22F3N3O4S/c1-30(2)20-11-7-17(8-12-20)15-23(31)29-28-16-18-5-3-4-6-22(18)34-35(32,33)21-13-9-19(10-14-21)24(25,26)27/h3-14,16H,15H2,1-2H3,(H,29,31)/b28-16+. The number of carbonyl (C=O) groups is 1. The van der Waals surface area contributed by atoms with Crippen molar-refractivity contribution in [3.05, 3.63) is 89.5 Å². The summed E-state index contributed by atoms with van der Waals surface area (Å²) in [6.07, 6.45) is -3.29. The van der Waals surface area contributed by atoms with E-state index in [9.17, 15) is 26.4 Å². The third kappa shape index (κ3) is 7.06. The number of benzene rings is 3. The molecule has 0 saturated heterocycles. The van der Waals surface area contributed by atoms with Gasteiger partial charge in [-0.3, -0.25) is 4.79 Å². The first kappa shape index (κ1) is 25.8. The second-order valence-corrected chi connectivity index (χ2v) is 9.17. The summed E-state index contributed by atoms with van der Waals surface area (Å²) in [5, 5.41) is 3.85. The van der Waals surface area contributed by atoms with Gasteiger partial charge in [-0.05, 0) is 54.1 Å². The van der Waals surface area contributed by atoms with Gasteiger partial charge in [0.1, 0.15) is 4.90 Å². The molecule has 1 amide bonds. The molecule has 35 heavy (non-hydrogen) atoms. The van der Waals surface area contributed by atoms with E-state index < -0.39 is 26.8 Å². The van der Waals surface area contributed by atoms with Crippen LogP contribution in [0.4, 0.5) is 18.9 Å². The van der Waals surface area contributed by atoms with Gasteiger partial charge in [-0.25, -0.2) is 5.43 Å². The van der Waals surface area contributed by atoms with Gasteiger partial charge >= 0.3 is 16.3 Å². The Balaban J connectivity index is 1.66. The zero-order valence-corrected chi connectivity index (χ0v) is 19.6. The third-order valence-corrected chi connectivity index (χ3v) is 6.05. The summed E-state index contributed by atoms with van der Waals surface area (Å²) in [4.78, 5) is 13.7. The van der Waals surface area contributed by atoms with Crippen LogP contribution >= 0.6 is 0 Å². The lowest BCUT2D eigenvalue weighted by Gasteiger charge is -2.12. The first-order chi connectivity index (χ1) is 16.5. The van der Waals surface area contributed by atoms with E-state index in [4.69, 9.17) is 4.18 Å². The molecule has 0 aliphatic carbocycles. The fraction of sp³-hybridized carbons (Fsp3) is 0.167. The summed E-state index contributed by atoms with van der Waals surface area (Å²) in [7, 11) is -0.591. The molecule has 1 N–H and O–H groups in total. The summed E-state index contributed by atoms with van der Waals surface area (Å²) in [5.74, 6) is -0.487. The Bertz CT molecular complexity index is 1310. The van der Waals surface area contributed by atoms with E-state index in [0.29, 0.717) is 12.1 Å². The maximum absolute atomic E-state index is 12.7. The molecule has 0 unspecified atom stereocenters. The van der Waals surface area contributed by atoms with Crippen molar-refractivity contribution >= 4 is 27.9 Å². The van der Waals surface area contributed by atoms with E-state index in [1.54, 1.807) is 6.07 Å². The van der Waals surface area contributed by atoms with Crippen LogP contribution in [-0.4, -0.2) is 34.6 Å². The number of rotatable bonds is 8. The average molecular weight is 506 g/mol. The summed E-state index contributed by atoms with van der Waals surface area (Å²) in [6.45, 7) is 0. The monoisotopic (exact) mass is 505 g/mol. The zero-order chi connectivity index (χ0) is 25.6. The molecular formula is C24H22F3N3O4S. The van der Waals surface area contributed by atoms with Crippen molar-refractivity contribution in [3.63, 3.8) is 0 Å². The van der Waals surface area contributed by atoms with Crippen LogP contribution in [0.1, 0.15) is 16.7 Å². The van der Waals surface area contributed by atoms with Crippen molar-refractivity contribution in [2.75, 3.05) is 19.0 Å². The number of hydrazone groups is 1. The predicted octanol–water partition coefficient (Wildman–Crippen LogP) is 4.23. The lowest BCUT2D eigenvalue weighted by Crippen LogP contribution is -2.20. The number of amides is 1. The highest BCUT2D eigenvalue weighted by molar-refractivity contribution is 7.87. The molecule has 0 atom stereocenters. The second kappa shape index (κ2) is 10.6. The van der Waals surface area contributed by atoms with Crippen LogP contribution in [-0.2, 0) is 27.5 Å². The number of para-hydroxylation sites is 1. The molecule has 11 heteroatoms. The Hall–Kier alpha value is -3.86. The van der Waals surface area contributed by atoms with Gasteiger partial charge in [0.15, 0.2) is 5.75 Å². The predicted molar refractivity (Wildman–Crippen MR) is 126 cm³/mol. The minimum Gasteiger partial charge on any atom is -0.378 e. The largest absolute Gasteiger partial charge is 0.416 e. The number of halogens is 3. The van der Waals surface area contributed by atoms with Crippen molar-refractivity contribution in [2.24, 2.45) is 5.10 Å². The summed E-state index contributed by atoms with van der Waals surface area (Å²) >= 11 is 0. The van der Waals surface area contributed by atoms with E-state index >= 15 is 0 Å². The zero-order valence-electron chi connectivity index (χ0n) is 18.8. The molecule has 0 fully saturated rings. The molecule has 0 saturated carbocycles. The van der Waals surface area contributed by atoms with E-state index in [-0.39, 0.29) is 23.6 Å². The van der Waals surface area contributed by atoms with Crippen molar-refractivity contribution in [2.45, 2.75) is 17.5 Å². The van der Waals surface area contributed by atoms with Crippen LogP contribution in [0.3, 0.4) is 0 Å². The quantitative estimate of drug-likeness (QED) is 0.281. The number of hydrogen-bond acceptors (Lipinski definition) is 6. The van der Waals surface area contributed by atoms with Crippen LogP contribution in [0, 0.1) is 0 Å². The molecule has 3 aromatic carbocycles. The minimum atomic E-state index is -4.59. The smallest absolute Gasteiger partial charge is 0.378 e. The Kier molecular flexibility index (Phi) is 7.80. The third-order valence-electron chi connectivity index (χ3n) is 4.80. The fourth-order valence-corrected chi connectivity index (χ4v) is 3.90. The van der Waals surface area contributed by atoms with Gasteiger partial charge in [-0.1, -0.05) is 24.3 Å². The highest BCUT2D eigenvalue weighted by Crippen LogP contribution is 2.30. The SMILES string of the molecule is CN(C)c1ccc(CC(=O)N/N=C/c2ccccc2OS(=O)(=O)c2ccc(C(F)(F)F)cc2)cc1. The van der Waals surface area contributed by atoms with Gasteiger partial charge < -0.3 is 9.08 Å². The van der Waals surface area contributed by atoms with Gasteiger partial charge in [0.05, 0.1) is 18.2 Å². The van der Waals surface area contributed by atoms with E-state index in [1.807, 2.05) is 43.3 Å². The number of carbonyl (C=O) groups excluding carboxylic acids is 1. The molecule has 7 nitrogen and oxygen atoms in total. The molecule has 0 bridgehead atoms. The fourth-order valence-electron chi connectivity index (χ4n) is 2.95. The van der Waals surface area contributed by atoms with Gasteiger partial charge in [0, 0.05) is 25.3 Å². The molecule has 0 aliphatic rings. The molecule has 184 valence electrons. The van der Waals surface area contributed by atoms with Crippen molar-refractivity contribution in [3.8, 4) is 5.75 Å². The molecule has 3 aromatic rings. The Morgan fingerprint density at radius 3 is 2.23 bits per heavy atom. The highest BCUT2D eigenvalue weighted by Gasteiger charge is 2.31. The van der Waals surface area contributed by atoms with Crippen molar-refractivity contribution in [1.82, 2.24) is 5.43 Å². The lowest BCUT2D eigenvalue weighted by atomic mass is 10.1. The normalized spacial score (nSPS) is 11.9. The number of nitrogens with zero attached hydrogens (tertiary/aromatic N) is 2. The molecule has 0 aromatic heterocycles. The van der Waals surface area contributed by atoms with E-state index in [0.717, 1.165) is 23.4 Å². The second-order valence-electron chi connectivity index (χ2n) is 7.63. The van der Waals surface area contributed by atoms with E-state index in [2.05, 4.69) is 10.5 Å². The average Bonchev–Trinajstić information content (AvgIpc) is 2.80. The van der Waals surface area contributed by atoms with Gasteiger partial charge in [0.25, 0.3) is 0 Å². The van der Waals surface area contributed by atoms with Crippen LogP contribution in [0.25, 0.3) is 0 Å². The van der Waals surface area contributed by atoms with Crippen molar-refractivity contribution < 1.29 is 30.6 Å². The Morgan fingerprint density at radius 2 is 1.63 bits per heavy atom. The van der Waals surface area contributed by atoms with Gasteiger partial charge in [-0.15, -0.1) is 0 Å². The van der Waals surface area contributed by atoms with Crippen LogP contribution in [0.15, 0.2) is 82.8 Å². The number of anilines is 1. The molecule has 0 aliphatic heterocycles. The minimum absolute atomic E-state index is 0.0888. The lowest BCUT2D eigenvalue weighted by molar-refractivity contribution is -0.137. The summed E-state index contributed by atoms with van der Waals surface area (Å²) < 4.78 is 68.4. The maximum atomic E-state index is 12.7. The first-order valence-corrected chi connectivity index (χ1v) is 11.7. The topological polar surface area (TPSA) is 88.1 Å². The number of alkyl halides is 3. The Morgan fingerprint density at radius 1 is 1.00 bits per heavy atom. The van der Waals surface area contributed by atoms with Crippen LogP contribution < -0.4 is 14.5 Å². The van der Waals surface area contributed by atoms with Gasteiger partial charge in [-0.2, -0.15) is 26.7 Å². The van der Waals surface area contributed by atoms with Crippen molar-refractivity contribution in [1.29, 1.82) is 0 Å². The molecule has 0 radical (unpaired) electrons. The van der Waals surface area contributed by atoms with Gasteiger partial charge in [0.2, 0.25) is 5.91 Å². The first-order valence-electron chi connectivity index (χ1n) is 10.2. The molecular weight excluding hydrogens is 483 g/mol. The van der Waals surface area contributed by atoms with Crippen LogP contribution in [0.2, 0.25) is 0 Å². The van der Waals surface area contributed by atoms with Crippen LogP contribution in [0.5, 0.6) is 5.75 Å². The summed E-state index contributed by atoms with van der Waals surface area (Å²) in [5.41, 5.74) is 3.41.